The van der Waals surface area contributed by atoms with E-state index in [1.54, 1.807) is 6.08 Å². The number of ether oxygens (including phenoxy) is 1. The molecule has 0 saturated carbocycles. The third kappa shape index (κ3) is 69.1. The van der Waals surface area contributed by atoms with Crippen LogP contribution in [0.15, 0.2) is 36.5 Å². The number of carbonyl (C=O) groups is 2. The third-order valence-corrected chi connectivity index (χ3v) is 17.6. The molecule has 0 bridgehead atoms. The van der Waals surface area contributed by atoms with Crippen LogP contribution < -0.4 is 5.32 Å². The van der Waals surface area contributed by atoms with Crippen molar-refractivity contribution in [2.75, 3.05) is 13.2 Å². The smallest absolute Gasteiger partial charge is 0.305 e. The van der Waals surface area contributed by atoms with Gasteiger partial charge in [0.2, 0.25) is 5.91 Å². The van der Waals surface area contributed by atoms with E-state index >= 15 is 0 Å². The highest BCUT2D eigenvalue weighted by molar-refractivity contribution is 5.76. The van der Waals surface area contributed by atoms with Crippen molar-refractivity contribution in [2.24, 2.45) is 0 Å². The molecule has 0 saturated heterocycles. The number of carbonyl (C=O) groups excluding carboxylic acids is 2. The fourth-order valence-electron chi connectivity index (χ4n) is 11.9. The second-order valence-corrected chi connectivity index (χ2v) is 26.0. The van der Waals surface area contributed by atoms with Gasteiger partial charge in [0.15, 0.2) is 0 Å². The highest BCUT2D eigenvalue weighted by atomic mass is 16.5. The summed E-state index contributed by atoms with van der Waals surface area (Å²) in [5.74, 6) is -0.0498. The maximum atomic E-state index is 12.5. The second kappa shape index (κ2) is 72.6. The highest BCUT2D eigenvalue weighted by Gasteiger charge is 2.18. The maximum Gasteiger partial charge on any atom is 0.305 e. The van der Waals surface area contributed by atoms with Crippen molar-refractivity contribution in [1.82, 2.24) is 5.32 Å². The van der Waals surface area contributed by atoms with E-state index in [0.717, 1.165) is 44.9 Å². The van der Waals surface area contributed by atoms with Crippen molar-refractivity contribution >= 4 is 11.9 Å². The number of hydrogen-bond acceptors (Lipinski definition) is 5. The van der Waals surface area contributed by atoms with Crippen LogP contribution in [0.25, 0.3) is 0 Å². The van der Waals surface area contributed by atoms with Crippen LogP contribution in [0, 0.1) is 0 Å². The third-order valence-electron chi connectivity index (χ3n) is 17.6. The zero-order valence-corrected chi connectivity index (χ0v) is 56.2. The minimum absolute atomic E-state index is 0.0135. The minimum atomic E-state index is -0.845. The number of nitrogens with one attached hydrogen (secondary N) is 1. The molecule has 0 aromatic carbocycles. The minimum Gasteiger partial charge on any atom is -0.466 e. The summed E-state index contributed by atoms with van der Waals surface area (Å²) < 4.78 is 5.50. The molecule has 0 rings (SSSR count). The molecule has 83 heavy (non-hydrogen) atoms. The number of esters is 1. The first-order chi connectivity index (χ1) is 41.0. The van der Waals surface area contributed by atoms with Gasteiger partial charge in [0.25, 0.3) is 0 Å². The summed E-state index contributed by atoms with van der Waals surface area (Å²) in [6.45, 7) is 4.94. The van der Waals surface area contributed by atoms with Crippen molar-refractivity contribution in [3.8, 4) is 0 Å². The predicted octanol–water partition coefficient (Wildman–Crippen LogP) is 24.7. The molecule has 6 nitrogen and oxygen atoms in total. The van der Waals surface area contributed by atoms with E-state index in [-0.39, 0.29) is 18.5 Å². The average Bonchev–Trinajstić information content (AvgIpc) is 3.48. The molecule has 0 aliphatic heterocycles. The van der Waals surface area contributed by atoms with Crippen LogP contribution >= 0.6 is 0 Å². The van der Waals surface area contributed by atoms with Crippen LogP contribution in [0.5, 0.6) is 0 Å². The lowest BCUT2D eigenvalue weighted by Gasteiger charge is -2.20. The quantitative estimate of drug-likeness (QED) is 0.0320. The monoisotopic (exact) mass is 1170 g/mol. The number of hydrogen-bond donors (Lipinski definition) is 3. The van der Waals surface area contributed by atoms with Crippen molar-refractivity contribution in [1.29, 1.82) is 0 Å². The van der Waals surface area contributed by atoms with Crippen molar-refractivity contribution in [2.45, 2.75) is 431 Å². The zero-order chi connectivity index (χ0) is 59.9. The largest absolute Gasteiger partial charge is 0.466 e. The molecule has 1 amide bonds. The zero-order valence-electron chi connectivity index (χ0n) is 56.2. The van der Waals surface area contributed by atoms with Crippen LogP contribution in [0.2, 0.25) is 0 Å². The van der Waals surface area contributed by atoms with E-state index in [1.807, 2.05) is 6.08 Å². The number of unbranched alkanes of at least 4 members (excludes halogenated alkanes) is 56. The molecule has 0 aromatic heterocycles. The molecular formula is C77H147NO5. The number of amides is 1. The molecule has 3 N–H and O–H groups in total. The van der Waals surface area contributed by atoms with Crippen molar-refractivity contribution < 1.29 is 24.5 Å². The predicted molar refractivity (Wildman–Crippen MR) is 366 cm³/mol. The van der Waals surface area contributed by atoms with Crippen LogP contribution in [0.3, 0.4) is 0 Å². The van der Waals surface area contributed by atoms with Crippen LogP contribution in [-0.2, 0) is 14.3 Å². The first-order valence-electron chi connectivity index (χ1n) is 37.8. The second-order valence-electron chi connectivity index (χ2n) is 26.0. The number of rotatable bonds is 71. The Morgan fingerprint density at radius 1 is 0.325 bits per heavy atom. The highest BCUT2D eigenvalue weighted by Crippen LogP contribution is 2.19. The molecular weight excluding hydrogens is 1020 g/mol. The van der Waals surface area contributed by atoms with Gasteiger partial charge in [-0.05, 0) is 83.5 Å². The summed E-state index contributed by atoms with van der Waals surface area (Å²) in [5.41, 5.74) is 0. The van der Waals surface area contributed by atoms with E-state index in [0.29, 0.717) is 19.4 Å². The van der Waals surface area contributed by atoms with Gasteiger partial charge < -0.3 is 20.3 Å². The molecule has 2 unspecified atom stereocenters. The van der Waals surface area contributed by atoms with Crippen molar-refractivity contribution in [3.05, 3.63) is 36.5 Å². The Kier molecular flexibility index (Phi) is 70.9. The Hall–Kier alpha value is -1.92. The first-order valence-corrected chi connectivity index (χ1v) is 37.8. The average molecular weight is 1170 g/mol. The molecule has 0 aromatic rings. The summed E-state index contributed by atoms with van der Waals surface area (Å²) in [6, 6.07) is -0.628. The molecule has 0 radical (unpaired) electrons. The molecule has 0 aliphatic rings. The lowest BCUT2D eigenvalue weighted by atomic mass is 10.0. The normalized spacial score (nSPS) is 12.7. The van der Waals surface area contributed by atoms with Gasteiger partial charge in [-0.1, -0.05) is 359 Å². The summed E-state index contributed by atoms with van der Waals surface area (Å²) in [7, 11) is 0. The Balaban J connectivity index is 3.39. The summed E-state index contributed by atoms with van der Waals surface area (Å²) >= 11 is 0. The molecule has 2 atom stereocenters. The van der Waals surface area contributed by atoms with Crippen LogP contribution in [0.1, 0.15) is 418 Å². The van der Waals surface area contributed by atoms with E-state index in [1.165, 1.54) is 347 Å². The lowest BCUT2D eigenvalue weighted by molar-refractivity contribution is -0.143. The van der Waals surface area contributed by atoms with Gasteiger partial charge in [0.1, 0.15) is 0 Å². The maximum absolute atomic E-state index is 12.5. The van der Waals surface area contributed by atoms with E-state index < -0.39 is 12.1 Å². The fourth-order valence-corrected chi connectivity index (χ4v) is 11.9. The number of aliphatic hydroxyl groups excluding tert-OH is 2. The summed E-state index contributed by atoms with van der Waals surface area (Å²) in [6.07, 6.45) is 93.8. The van der Waals surface area contributed by atoms with Gasteiger partial charge in [0.05, 0.1) is 25.4 Å². The van der Waals surface area contributed by atoms with E-state index in [2.05, 4.69) is 43.5 Å². The Labute approximate surface area is 519 Å². The van der Waals surface area contributed by atoms with E-state index in [9.17, 15) is 19.8 Å². The lowest BCUT2D eigenvalue weighted by Crippen LogP contribution is -2.45. The van der Waals surface area contributed by atoms with Gasteiger partial charge >= 0.3 is 5.97 Å². The van der Waals surface area contributed by atoms with E-state index in [4.69, 9.17) is 4.74 Å². The van der Waals surface area contributed by atoms with Gasteiger partial charge in [-0.2, -0.15) is 0 Å². The SMILES string of the molecule is CCCCCCCC/C=C\CCCCCCCCCC(=O)OCCCCCCCCCCCCCC/C=C\CCCCCCCCCCCCCCCC(=O)NC(CO)C(O)/C=C/CCCCCCCCCCCCCCCCCCCC. The van der Waals surface area contributed by atoms with Gasteiger partial charge in [0, 0.05) is 12.8 Å². The Morgan fingerprint density at radius 2 is 0.566 bits per heavy atom. The molecule has 0 aliphatic carbocycles. The molecule has 0 heterocycles. The molecule has 490 valence electrons. The molecule has 6 heteroatoms. The Bertz CT molecular complexity index is 1340. The van der Waals surface area contributed by atoms with Crippen LogP contribution in [-0.4, -0.2) is 47.4 Å². The van der Waals surface area contributed by atoms with Crippen molar-refractivity contribution in [3.63, 3.8) is 0 Å². The van der Waals surface area contributed by atoms with Gasteiger partial charge in [-0.3, -0.25) is 9.59 Å². The molecule has 0 spiro atoms. The van der Waals surface area contributed by atoms with Gasteiger partial charge in [-0.15, -0.1) is 0 Å². The summed E-state index contributed by atoms with van der Waals surface area (Å²) in [5, 5.41) is 23.3. The van der Waals surface area contributed by atoms with Crippen LogP contribution in [0.4, 0.5) is 0 Å². The number of allylic oxidation sites excluding steroid dienone is 5. The first kappa shape index (κ1) is 81.1. The topological polar surface area (TPSA) is 95.9 Å². The number of aliphatic hydroxyl groups is 2. The molecule has 0 fully saturated rings. The Morgan fingerprint density at radius 3 is 0.855 bits per heavy atom. The summed E-state index contributed by atoms with van der Waals surface area (Å²) in [4.78, 5) is 24.6. The fraction of sp³-hybridized carbons (Fsp3) is 0.896. The van der Waals surface area contributed by atoms with Gasteiger partial charge in [-0.25, -0.2) is 0 Å². The standard InChI is InChI=1S/C77H147NO5/c1-3-5-7-9-11-13-15-17-19-21-22-34-38-41-45-49-53-57-61-65-69-75(80)74(73-79)78-76(81)70-66-62-58-54-50-46-42-39-35-32-30-28-26-24-23-25-27-29-31-33-36-40-44-48-52-56-60-64-68-72-83-77(82)71-67-63-59-55-51-47-43-37-20-18-16-14-12-10-8-6-4-2/h18,20,23,25,65,69,74-75,79-80H,3-17,19,21-22,24,26-64,66-68,70-73H2,1-2H3,(H,78,81)/b20-18-,25-23-,69-65+.